The van der Waals surface area contributed by atoms with E-state index >= 15 is 0 Å². The van der Waals surface area contributed by atoms with E-state index in [1.807, 2.05) is 0 Å². The van der Waals surface area contributed by atoms with Crippen LogP contribution >= 0.6 is 0 Å². The molecule has 1 unspecified atom stereocenters. The Morgan fingerprint density at radius 1 is 1.60 bits per heavy atom. The second-order valence-electron chi connectivity index (χ2n) is 2.03. The molecule has 1 aliphatic heterocycles. The van der Waals surface area contributed by atoms with E-state index in [1.54, 1.807) is 18.7 Å². The third-order valence-electron chi connectivity index (χ3n) is 1.34. The highest BCUT2D eigenvalue weighted by molar-refractivity contribution is 5.66. The first-order chi connectivity index (χ1) is 4.97. The Morgan fingerprint density at radius 2 is 2.60 bits per heavy atom. The molecule has 52 valence electrons. The van der Waals surface area contributed by atoms with Gasteiger partial charge in [-0.1, -0.05) is 5.16 Å². The van der Waals surface area contributed by atoms with E-state index in [4.69, 9.17) is 9.25 Å². The summed E-state index contributed by atoms with van der Waals surface area (Å²) in [5, 5.41) is 3.60. The number of hydrogen-bond acceptors (Lipinski definition) is 4. The van der Waals surface area contributed by atoms with Crippen LogP contribution in [0.1, 0.15) is 11.8 Å². The van der Waals surface area contributed by atoms with Gasteiger partial charge in [0.25, 0.3) is 0 Å². The fourth-order valence-corrected chi connectivity index (χ4v) is 0.836. The zero-order valence-corrected chi connectivity index (χ0v) is 5.23. The average molecular weight is 138 g/mol. The third-order valence-corrected chi connectivity index (χ3v) is 1.34. The smallest absolute Gasteiger partial charge is 0.206 e. The van der Waals surface area contributed by atoms with Gasteiger partial charge in [0.15, 0.2) is 0 Å². The second-order valence-corrected chi connectivity index (χ2v) is 2.03. The summed E-state index contributed by atoms with van der Waals surface area (Å²) in [5.41, 5.74) is 0. The van der Waals surface area contributed by atoms with E-state index in [-0.39, 0.29) is 5.92 Å². The maximum absolute atomic E-state index is 5.04. The Bertz CT molecular complexity index is 230. The Balaban J connectivity index is 2.20. The third kappa shape index (κ3) is 0.775. The van der Waals surface area contributed by atoms with Gasteiger partial charge in [0.1, 0.15) is 18.8 Å². The highest BCUT2D eigenvalue weighted by Gasteiger charge is 2.18. The van der Waals surface area contributed by atoms with Gasteiger partial charge >= 0.3 is 0 Å². The normalized spacial score (nSPS) is 23.0. The molecule has 0 radical (unpaired) electrons. The van der Waals surface area contributed by atoms with Gasteiger partial charge in [-0.25, -0.2) is 4.98 Å². The first-order valence-electron chi connectivity index (χ1n) is 3.01. The lowest BCUT2D eigenvalue weighted by Gasteiger charge is -1.95. The SMILES string of the molecule is C1=NOCC1c1ncco1. The van der Waals surface area contributed by atoms with Gasteiger partial charge in [0, 0.05) is 0 Å². The zero-order valence-electron chi connectivity index (χ0n) is 5.23. The summed E-state index contributed by atoms with van der Waals surface area (Å²) in [6.07, 6.45) is 4.84. The van der Waals surface area contributed by atoms with Crippen molar-refractivity contribution in [2.24, 2.45) is 5.16 Å². The Morgan fingerprint density at radius 3 is 3.20 bits per heavy atom. The van der Waals surface area contributed by atoms with Crippen molar-refractivity contribution in [3.8, 4) is 0 Å². The van der Waals surface area contributed by atoms with E-state index in [0.717, 1.165) is 0 Å². The molecule has 10 heavy (non-hydrogen) atoms. The molecule has 0 aromatic carbocycles. The van der Waals surface area contributed by atoms with Crippen LogP contribution in [0.3, 0.4) is 0 Å². The molecular weight excluding hydrogens is 132 g/mol. The van der Waals surface area contributed by atoms with Crippen molar-refractivity contribution in [3.63, 3.8) is 0 Å². The van der Waals surface area contributed by atoms with Crippen molar-refractivity contribution in [1.29, 1.82) is 0 Å². The first-order valence-corrected chi connectivity index (χ1v) is 3.01. The largest absolute Gasteiger partial charge is 0.448 e. The molecule has 0 aliphatic carbocycles. The summed E-state index contributed by atoms with van der Waals surface area (Å²) >= 11 is 0. The number of oxime groups is 1. The summed E-state index contributed by atoms with van der Waals surface area (Å²) in [4.78, 5) is 8.71. The molecule has 4 nitrogen and oxygen atoms in total. The molecule has 0 saturated carbocycles. The maximum Gasteiger partial charge on any atom is 0.206 e. The highest BCUT2D eigenvalue weighted by atomic mass is 16.6. The topological polar surface area (TPSA) is 47.6 Å². The number of nitrogens with zero attached hydrogens (tertiary/aromatic N) is 2. The lowest BCUT2D eigenvalue weighted by atomic mass is 10.2. The molecule has 0 fully saturated rings. The fourth-order valence-electron chi connectivity index (χ4n) is 0.836. The molecule has 0 spiro atoms. The van der Waals surface area contributed by atoms with E-state index in [9.17, 15) is 0 Å². The second kappa shape index (κ2) is 2.13. The molecule has 0 saturated heterocycles. The van der Waals surface area contributed by atoms with Crippen LogP contribution in [0.25, 0.3) is 0 Å². The minimum atomic E-state index is 0.106. The maximum atomic E-state index is 5.04. The summed E-state index contributed by atoms with van der Waals surface area (Å²) < 4.78 is 5.04. The molecule has 1 aromatic rings. The summed E-state index contributed by atoms with van der Waals surface area (Å²) in [5.74, 6) is 0.774. The molecule has 0 amide bonds. The molecule has 1 atom stereocenters. The number of hydrogen-bond donors (Lipinski definition) is 0. The molecule has 0 bridgehead atoms. The summed E-state index contributed by atoms with van der Waals surface area (Å²) in [7, 11) is 0. The van der Waals surface area contributed by atoms with Gasteiger partial charge in [-0.15, -0.1) is 0 Å². The van der Waals surface area contributed by atoms with E-state index in [0.29, 0.717) is 12.5 Å². The predicted octanol–water partition coefficient (Wildman–Crippen LogP) is 0.774. The van der Waals surface area contributed by atoms with Gasteiger partial charge in [-0.3, -0.25) is 0 Å². The van der Waals surface area contributed by atoms with Gasteiger partial charge in [0.2, 0.25) is 5.89 Å². The van der Waals surface area contributed by atoms with Crippen molar-refractivity contribution in [2.75, 3.05) is 6.61 Å². The highest BCUT2D eigenvalue weighted by Crippen LogP contribution is 2.15. The van der Waals surface area contributed by atoms with Crippen molar-refractivity contribution in [2.45, 2.75) is 5.92 Å². The molecule has 0 N–H and O–H groups in total. The molecule has 2 heterocycles. The molecule has 1 aromatic heterocycles. The van der Waals surface area contributed by atoms with Crippen LogP contribution < -0.4 is 0 Å². The van der Waals surface area contributed by atoms with Crippen LogP contribution in [0.15, 0.2) is 22.0 Å². The van der Waals surface area contributed by atoms with E-state index in [2.05, 4.69) is 10.1 Å². The van der Waals surface area contributed by atoms with Crippen LogP contribution in [0, 0.1) is 0 Å². The number of aromatic nitrogens is 1. The Kier molecular flexibility index (Phi) is 1.16. The van der Waals surface area contributed by atoms with Crippen molar-refractivity contribution >= 4 is 6.21 Å². The van der Waals surface area contributed by atoms with Crippen molar-refractivity contribution in [3.05, 3.63) is 18.4 Å². The monoisotopic (exact) mass is 138 g/mol. The molecule has 1 aliphatic rings. The van der Waals surface area contributed by atoms with Crippen LogP contribution in [-0.4, -0.2) is 17.8 Å². The summed E-state index contributed by atoms with van der Waals surface area (Å²) in [6, 6.07) is 0. The van der Waals surface area contributed by atoms with Gasteiger partial charge in [0.05, 0.1) is 12.4 Å². The quantitative estimate of drug-likeness (QED) is 0.576. The van der Waals surface area contributed by atoms with Crippen LogP contribution in [0.4, 0.5) is 0 Å². The summed E-state index contributed by atoms with van der Waals surface area (Å²) in [6.45, 7) is 0.542. The number of rotatable bonds is 1. The first kappa shape index (κ1) is 5.46. The van der Waals surface area contributed by atoms with Crippen LogP contribution in [0.5, 0.6) is 0 Å². The van der Waals surface area contributed by atoms with E-state index in [1.165, 1.54) is 0 Å². The Hall–Kier alpha value is -1.32. The minimum Gasteiger partial charge on any atom is -0.448 e. The number of oxazole rings is 1. The van der Waals surface area contributed by atoms with Crippen molar-refractivity contribution < 1.29 is 9.25 Å². The Labute approximate surface area is 57.5 Å². The molecule has 4 heteroatoms. The fraction of sp³-hybridized carbons (Fsp3) is 0.333. The average Bonchev–Trinajstić information content (AvgIpc) is 2.59. The van der Waals surface area contributed by atoms with Crippen LogP contribution in [0.2, 0.25) is 0 Å². The van der Waals surface area contributed by atoms with Crippen molar-refractivity contribution in [1.82, 2.24) is 4.98 Å². The van der Waals surface area contributed by atoms with E-state index < -0.39 is 0 Å². The standard InChI is InChI=1S/C6H6N2O2/c1-2-9-6(7-1)5-3-8-10-4-5/h1-3,5H,4H2. The van der Waals surface area contributed by atoms with Gasteiger partial charge in [-0.05, 0) is 0 Å². The van der Waals surface area contributed by atoms with Gasteiger partial charge < -0.3 is 9.25 Å². The molecular formula is C6H6N2O2. The minimum absolute atomic E-state index is 0.106. The lowest BCUT2D eigenvalue weighted by molar-refractivity contribution is 0.162. The van der Waals surface area contributed by atoms with Crippen LogP contribution in [-0.2, 0) is 4.84 Å². The molecule has 2 rings (SSSR count). The predicted molar refractivity (Wildman–Crippen MR) is 33.7 cm³/mol. The van der Waals surface area contributed by atoms with Gasteiger partial charge in [-0.2, -0.15) is 0 Å². The lowest BCUT2D eigenvalue weighted by Crippen LogP contribution is -2.00. The zero-order chi connectivity index (χ0) is 6.81.